The normalized spacial score (nSPS) is 10.9. The van der Waals surface area contributed by atoms with Crippen LogP contribution in [0, 0.1) is 0 Å². The lowest BCUT2D eigenvalue weighted by Gasteiger charge is -2.02. The first-order valence-corrected chi connectivity index (χ1v) is 7.52. The van der Waals surface area contributed by atoms with Crippen LogP contribution in [0.3, 0.4) is 0 Å². The fraction of sp³-hybridized carbons (Fsp3) is 0.0526. The molecule has 5 heteroatoms. The molecule has 2 N–H and O–H groups in total. The maximum atomic E-state index is 9.41. The number of aromatic amines is 1. The molecule has 0 bridgehead atoms. The van der Waals surface area contributed by atoms with Crippen molar-refractivity contribution >= 4 is 11.0 Å². The standard InChI is InChI=1S/C19H15N3O2/c1-24-18-9-5-14(11-20-18)16-8-4-13-10-17(22-19(13)21-16)12-2-6-15(23)7-3-12/h2-11,23H,1H3,(H,21,22). The molecular formula is C19H15N3O2. The smallest absolute Gasteiger partial charge is 0.212 e. The average Bonchev–Trinajstić information content (AvgIpc) is 3.05. The SMILES string of the molecule is COc1ccc(-c2ccc3cc(-c4ccc(O)cc4)[nH]c3n2)cn1. The minimum atomic E-state index is 0.252. The van der Waals surface area contributed by atoms with E-state index in [9.17, 15) is 5.11 Å². The van der Waals surface area contributed by atoms with Crippen LogP contribution in [0.25, 0.3) is 33.5 Å². The average molecular weight is 317 g/mol. The van der Waals surface area contributed by atoms with Crippen molar-refractivity contribution in [3.8, 4) is 34.1 Å². The van der Waals surface area contributed by atoms with E-state index in [0.717, 1.165) is 33.5 Å². The molecule has 0 saturated carbocycles. The number of methoxy groups -OCH3 is 1. The number of phenols is 1. The first-order chi connectivity index (χ1) is 11.7. The first kappa shape index (κ1) is 14.3. The van der Waals surface area contributed by atoms with E-state index in [4.69, 9.17) is 4.74 Å². The number of nitrogens with one attached hydrogen (secondary N) is 1. The summed E-state index contributed by atoms with van der Waals surface area (Å²) in [5.41, 5.74) is 4.54. The Morgan fingerprint density at radius 3 is 2.46 bits per heavy atom. The summed E-state index contributed by atoms with van der Waals surface area (Å²) >= 11 is 0. The summed E-state index contributed by atoms with van der Waals surface area (Å²) in [6.07, 6.45) is 1.75. The van der Waals surface area contributed by atoms with E-state index in [1.807, 2.05) is 42.5 Å². The van der Waals surface area contributed by atoms with Crippen LogP contribution in [0.2, 0.25) is 0 Å². The molecule has 118 valence electrons. The van der Waals surface area contributed by atoms with Crippen molar-refractivity contribution in [2.75, 3.05) is 7.11 Å². The number of fused-ring (bicyclic) bond motifs is 1. The Bertz CT molecular complexity index is 989. The molecule has 0 amide bonds. The highest BCUT2D eigenvalue weighted by atomic mass is 16.5. The van der Waals surface area contributed by atoms with Crippen molar-refractivity contribution < 1.29 is 9.84 Å². The zero-order valence-corrected chi connectivity index (χ0v) is 13.0. The Kier molecular flexibility index (Phi) is 3.39. The molecule has 0 radical (unpaired) electrons. The summed E-state index contributed by atoms with van der Waals surface area (Å²) in [4.78, 5) is 12.2. The van der Waals surface area contributed by atoms with Gasteiger partial charge in [0.15, 0.2) is 0 Å². The van der Waals surface area contributed by atoms with Gasteiger partial charge >= 0.3 is 0 Å². The molecule has 0 aliphatic heterocycles. The van der Waals surface area contributed by atoms with Crippen molar-refractivity contribution in [3.05, 3.63) is 60.8 Å². The number of aromatic hydroxyl groups is 1. The van der Waals surface area contributed by atoms with Gasteiger partial charge in [0, 0.05) is 28.9 Å². The zero-order chi connectivity index (χ0) is 16.5. The fourth-order valence-electron chi connectivity index (χ4n) is 2.62. The van der Waals surface area contributed by atoms with E-state index < -0.39 is 0 Å². The van der Waals surface area contributed by atoms with Gasteiger partial charge in [-0.25, -0.2) is 9.97 Å². The maximum Gasteiger partial charge on any atom is 0.212 e. The Labute approximate surface area is 138 Å². The Morgan fingerprint density at radius 1 is 0.958 bits per heavy atom. The van der Waals surface area contributed by atoms with Gasteiger partial charge in [0.2, 0.25) is 5.88 Å². The van der Waals surface area contributed by atoms with E-state index in [2.05, 4.69) is 15.0 Å². The first-order valence-electron chi connectivity index (χ1n) is 7.52. The van der Waals surface area contributed by atoms with Crippen LogP contribution in [0.4, 0.5) is 0 Å². The van der Waals surface area contributed by atoms with E-state index in [1.165, 1.54) is 0 Å². The number of phenolic OH excluding ortho intramolecular Hbond substituents is 1. The summed E-state index contributed by atoms with van der Waals surface area (Å²) < 4.78 is 5.08. The monoisotopic (exact) mass is 317 g/mol. The number of nitrogens with zero attached hydrogens (tertiary/aromatic N) is 2. The van der Waals surface area contributed by atoms with E-state index in [-0.39, 0.29) is 5.75 Å². The number of H-pyrrole nitrogens is 1. The number of rotatable bonds is 3. The Morgan fingerprint density at radius 2 is 1.75 bits per heavy atom. The van der Waals surface area contributed by atoms with Crippen LogP contribution in [0.1, 0.15) is 0 Å². The molecule has 3 heterocycles. The van der Waals surface area contributed by atoms with Crippen molar-refractivity contribution in [1.82, 2.24) is 15.0 Å². The largest absolute Gasteiger partial charge is 0.508 e. The topological polar surface area (TPSA) is 71.0 Å². The van der Waals surface area contributed by atoms with Gasteiger partial charge in [-0.3, -0.25) is 0 Å². The van der Waals surface area contributed by atoms with Crippen molar-refractivity contribution in [3.63, 3.8) is 0 Å². The van der Waals surface area contributed by atoms with Crippen LogP contribution >= 0.6 is 0 Å². The molecule has 0 aliphatic carbocycles. The minimum Gasteiger partial charge on any atom is -0.508 e. The van der Waals surface area contributed by atoms with Gasteiger partial charge in [0.1, 0.15) is 11.4 Å². The molecule has 4 rings (SSSR count). The highest BCUT2D eigenvalue weighted by Gasteiger charge is 2.07. The number of ether oxygens (including phenoxy) is 1. The molecule has 24 heavy (non-hydrogen) atoms. The Hall–Kier alpha value is -3.34. The fourth-order valence-corrected chi connectivity index (χ4v) is 2.62. The van der Waals surface area contributed by atoms with Gasteiger partial charge in [0.05, 0.1) is 12.8 Å². The van der Waals surface area contributed by atoms with Crippen molar-refractivity contribution in [1.29, 1.82) is 0 Å². The molecule has 0 atom stereocenters. The third kappa shape index (κ3) is 2.56. The number of benzene rings is 1. The van der Waals surface area contributed by atoms with Crippen LogP contribution in [-0.2, 0) is 0 Å². The van der Waals surface area contributed by atoms with Crippen molar-refractivity contribution in [2.45, 2.75) is 0 Å². The predicted octanol–water partition coefficient (Wildman–Crippen LogP) is 4.01. The summed E-state index contributed by atoms with van der Waals surface area (Å²) in [6, 6.07) is 16.9. The minimum absolute atomic E-state index is 0.252. The molecular weight excluding hydrogens is 302 g/mol. The maximum absolute atomic E-state index is 9.41. The predicted molar refractivity (Wildman–Crippen MR) is 93.0 cm³/mol. The van der Waals surface area contributed by atoms with Gasteiger partial charge in [0.25, 0.3) is 0 Å². The highest BCUT2D eigenvalue weighted by molar-refractivity contribution is 5.85. The van der Waals surface area contributed by atoms with Gasteiger partial charge in [-0.05, 0) is 54.1 Å². The lowest BCUT2D eigenvalue weighted by atomic mass is 10.1. The number of aromatic nitrogens is 3. The molecule has 0 aliphatic rings. The molecule has 0 unspecified atom stereocenters. The molecule has 3 aromatic heterocycles. The van der Waals surface area contributed by atoms with Gasteiger partial charge in [-0.15, -0.1) is 0 Å². The van der Waals surface area contributed by atoms with Crippen molar-refractivity contribution in [2.24, 2.45) is 0 Å². The van der Waals surface area contributed by atoms with Gasteiger partial charge < -0.3 is 14.8 Å². The Balaban J connectivity index is 1.73. The van der Waals surface area contributed by atoms with Crippen LogP contribution in [0.15, 0.2) is 60.8 Å². The lowest BCUT2D eigenvalue weighted by Crippen LogP contribution is -1.89. The van der Waals surface area contributed by atoms with Gasteiger partial charge in [-0.1, -0.05) is 0 Å². The highest BCUT2D eigenvalue weighted by Crippen LogP contribution is 2.27. The van der Waals surface area contributed by atoms with Crippen LogP contribution < -0.4 is 4.74 Å². The molecule has 0 fully saturated rings. The van der Waals surface area contributed by atoms with Crippen LogP contribution in [-0.4, -0.2) is 27.2 Å². The van der Waals surface area contributed by atoms with Crippen LogP contribution in [0.5, 0.6) is 11.6 Å². The third-order valence-corrected chi connectivity index (χ3v) is 3.90. The van der Waals surface area contributed by atoms with E-state index in [1.54, 1.807) is 25.4 Å². The number of hydrogen-bond donors (Lipinski definition) is 2. The molecule has 5 nitrogen and oxygen atoms in total. The molecule has 0 spiro atoms. The molecule has 1 aromatic carbocycles. The van der Waals surface area contributed by atoms with Gasteiger partial charge in [-0.2, -0.15) is 0 Å². The van der Waals surface area contributed by atoms with E-state index >= 15 is 0 Å². The second-order valence-electron chi connectivity index (χ2n) is 5.45. The summed E-state index contributed by atoms with van der Waals surface area (Å²) in [5, 5.41) is 10.4. The quantitative estimate of drug-likeness (QED) is 0.599. The summed E-state index contributed by atoms with van der Waals surface area (Å²) in [5.74, 6) is 0.830. The van der Waals surface area contributed by atoms with E-state index in [0.29, 0.717) is 5.88 Å². The number of hydrogen-bond acceptors (Lipinski definition) is 4. The zero-order valence-electron chi connectivity index (χ0n) is 13.0. The third-order valence-electron chi connectivity index (χ3n) is 3.90. The second kappa shape index (κ2) is 5.70. The summed E-state index contributed by atoms with van der Waals surface area (Å²) in [6.45, 7) is 0. The molecule has 0 saturated heterocycles. The molecule has 4 aromatic rings. The second-order valence-corrected chi connectivity index (χ2v) is 5.45. The number of pyridine rings is 2. The summed E-state index contributed by atoms with van der Waals surface area (Å²) in [7, 11) is 1.59. The lowest BCUT2D eigenvalue weighted by molar-refractivity contribution is 0.398.